The van der Waals surface area contributed by atoms with Crippen LogP contribution in [0.1, 0.15) is 50.8 Å². The van der Waals surface area contributed by atoms with Gasteiger partial charge in [-0.25, -0.2) is 0 Å². The Kier molecular flexibility index (Phi) is 6.03. The van der Waals surface area contributed by atoms with E-state index in [1.807, 2.05) is 36.4 Å². The van der Waals surface area contributed by atoms with Crippen molar-refractivity contribution in [3.63, 3.8) is 0 Å². The summed E-state index contributed by atoms with van der Waals surface area (Å²) in [6.45, 7) is 7.87. The minimum Gasteiger partial charge on any atom is -0.369 e. The molecule has 3 aromatic rings. The van der Waals surface area contributed by atoms with E-state index in [-0.39, 0.29) is 0 Å². The molecule has 0 aliphatic carbocycles. The highest BCUT2D eigenvalue weighted by molar-refractivity contribution is 6.31. The normalized spacial score (nSPS) is 12.9. The molecule has 1 atom stereocenters. The molecular formula is C22H26ClN5O. The summed E-state index contributed by atoms with van der Waals surface area (Å²) >= 11 is 6.34. The lowest BCUT2D eigenvalue weighted by Gasteiger charge is -2.30. The molecule has 0 aliphatic rings. The van der Waals surface area contributed by atoms with E-state index in [9.17, 15) is 4.79 Å². The molecule has 0 radical (unpaired) electrons. The summed E-state index contributed by atoms with van der Waals surface area (Å²) in [5, 5.41) is 13.7. The molecule has 1 unspecified atom stereocenters. The van der Waals surface area contributed by atoms with E-state index < -0.39 is 17.4 Å². The van der Waals surface area contributed by atoms with Crippen LogP contribution in [0, 0.1) is 5.41 Å². The molecule has 0 saturated heterocycles. The summed E-state index contributed by atoms with van der Waals surface area (Å²) in [6.07, 6.45) is 0.456. The molecule has 0 fully saturated rings. The standard InChI is InChI=1S/C22H26ClN5O/c1-14(2)15-9-11-16(12-10-15)20-25-27-28(26-20)19(22(3,4)21(24)29)13-17-7-5-6-8-18(17)23/h5-12,14,19H,13H2,1-4H3,(H2,24,29). The maximum Gasteiger partial charge on any atom is 0.225 e. The summed E-state index contributed by atoms with van der Waals surface area (Å²) in [4.78, 5) is 13.7. The molecule has 0 bridgehead atoms. The van der Waals surface area contributed by atoms with Gasteiger partial charge in [0.15, 0.2) is 0 Å². The number of tetrazole rings is 1. The van der Waals surface area contributed by atoms with Gasteiger partial charge < -0.3 is 5.73 Å². The van der Waals surface area contributed by atoms with Crippen molar-refractivity contribution < 1.29 is 4.79 Å². The summed E-state index contributed by atoms with van der Waals surface area (Å²) in [5.41, 5.74) is 7.81. The van der Waals surface area contributed by atoms with Gasteiger partial charge in [0.05, 0.1) is 11.5 Å². The van der Waals surface area contributed by atoms with Crippen molar-refractivity contribution >= 4 is 17.5 Å². The second-order valence-corrected chi connectivity index (χ2v) is 8.51. The van der Waals surface area contributed by atoms with Gasteiger partial charge in [0.2, 0.25) is 11.7 Å². The van der Waals surface area contributed by atoms with Gasteiger partial charge in [0, 0.05) is 10.6 Å². The third-order valence-corrected chi connectivity index (χ3v) is 5.75. The lowest BCUT2D eigenvalue weighted by Crippen LogP contribution is -2.41. The van der Waals surface area contributed by atoms with E-state index in [0.717, 1.165) is 11.1 Å². The number of carbonyl (C=O) groups excluding carboxylic acids is 1. The number of halogens is 1. The van der Waals surface area contributed by atoms with Gasteiger partial charge in [-0.15, -0.1) is 10.2 Å². The number of hydrogen-bond donors (Lipinski definition) is 1. The number of carbonyl (C=O) groups is 1. The first-order chi connectivity index (χ1) is 13.7. The zero-order valence-electron chi connectivity index (χ0n) is 17.1. The first-order valence-corrected chi connectivity index (χ1v) is 10.0. The molecule has 1 amide bonds. The fourth-order valence-electron chi connectivity index (χ4n) is 3.15. The van der Waals surface area contributed by atoms with Crippen LogP contribution in [0.4, 0.5) is 0 Å². The van der Waals surface area contributed by atoms with Crippen LogP contribution in [-0.4, -0.2) is 26.1 Å². The minimum atomic E-state index is -0.904. The van der Waals surface area contributed by atoms with Crippen molar-refractivity contribution in [1.29, 1.82) is 0 Å². The maximum atomic E-state index is 12.2. The number of aromatic nitrogens is 4. The molecule has 0 spiro atoms. The third-order valence-electron chi connectivity index (χ3n) is 5.38. The number of amides is 1. The van der Waals surface area contributed by atoms with Crippen LogP contribution >= 0.6 is 11.6 Å². The van der Waals surface area contributed by atoms with Crippen LogP contribution in [0.5, 0.6) is 0 Å². The molecule has 3 rings (SSSR count). The quantitative estimate of drug-likeness (QED) is 0.623. The second-order valence-electron chi connectivity index (χ2n) is 8.11. The van der Waals surface area contributed by atoms with Crippen LogP contribution in [0.15, 0.2) is 48.5 Å². The van der Waals surface area contributed by atoms with Crippen LogP contribution < -0.4 is 5.73 Å². The van der Waals surface area contributed by atoms with E-state index >= 15 is 0 Å². The molecule has 2 N–H and O–H groups in total. The van der Waals surface area contributed by atoms with E-state index in [4.69, 9.17) is 17.3 Å². The zero-order valence-corrected chi connectivity index (χ0v) is 17.9. The van der Waals surface area contributed by atoms with Crippen molar-refractivity contribution in [1.82, 2.24) is 20.2 Å². The highest BCUT2D eigenvalue weighted by atomic mass is 35.5. The SMILES string of the molecule is CC(C)c1ccc(-c2nnn(C(Cc3ccccc3Cl)C(C)(C)C(N)=O)n2)cc1. The smallest absolute Gasteiger partial charge is 0.225 e. The fraction of sp³-hybridized carbons (Fsp3) is 0.364. The minimum absolute atomic E-state index is 0.434. The highest BCUT2D eigenvalue weighted by Crippen LogP contribution is 2.35. The monoisotopic (exact) mass is 411 g/mol. The van der Waals surface area contributed by atoms with Crippen LogP contribution in [-0.2, 0) is 11.2 Å². The van der Waals surface area contributed by atoms with Gasteiger partial charge in [-0.1, -0.05) is 67.9 Å². The molecule has 1 heterocycles. The number of nitrogens with two attached hydrogens (primary N) is 1. The van der Waals surface area contributed by atoms with Gasteiger partial charge in [0.1, 0.15) is 0 Å². The molecule has 7 heteroatoms. The van der Waals surface area contributed by atoms with Gasteiger partial charge in [-0.2, -0.15) is 4.80 Å². The topological polar surface area (TPSA) is 86.7 Å². The lowest BCUT2D eigenvalue weighted by atomic mass is 9.80. The second kappa shape index (κ2) is 8.33. The van der Waals surface area contributed by atoms with Crippen LogP contribution in [0.25, 0.3) is 11.4 Å². The molecule has 0 saturated carbocycles. The Morgan fingerprint density at radius 1 is 1.14 bits per heavy atom. The Labute approximate surface area is 176 Å². The number of hydrogen-bond acceptors (Lipinski definition) is 4. The Balaban J connectivity index is 1.96. The molecular weight excluding hydrogens is 386 g/mol. The number of nitrogens with zero attached hydrogens (tertiary/aromatic N) is 4. The molecule has 0 aliphatic heterocycles. The van der Waals surface area contributed by atoms with Crippen molar-refractivity contribution in [2.45, 2.75) is 46.1 Å². The first kappa shape index (κ1) is 21.0. The fourth-order valence-corrected chi connectivity index (χ4v) is 3.36. The van der Waals surface area contributed by atoms with E-state index in [1.165, 1.54) is 10.4 Å². The summed E-state index contributed by atoms with van der Waals surface area (Å²) in [7, 11) is 0. The van der Waals surface area contributed by atoms with E-state index in [2.05, 4.69) is 41.4 Å². The highest BCUT2D eigenvalue weighted by Gasteiger charge is 2.38. The molecule has 2 aromatic carbocycles. The van der Waals surface area contributed by atoms with Gasteiger partial charge in [-0.3, -0.25) is 4.79 Å². The Morgan fingerprint density at radius 2 is 1.79 bits per heavy atom. The largest absolute Gasteiger partial charge is 0.369 e. The number of rotatable bonds is 7. The van der Waals surface area contributed by atoms with Crippen molar-refractivity contribution in [3.05, 3.63) is 64.7 Å². The molecule has 1 aromatic heterocycles. The lowest BCUT2D eigenvalue weighted by molar-refractivity contribution is -0.128. The molecule has 29 heavy (non-hydrogen) atoms. The van der Waals surface area contributed by atoms with Crippen LogP contribution in [0.2, 0.25) is 5.02 Å². The third kappa shape index (κ3) is 4.48. The number of benzene rings is 2. The zero-order chi connectivity index (χ0) is 21.2. The van der Waals surface area contributed by atoms with E-state index in [0.29, 0.717) is 23.2 Å². The Hall–Kier alpha value is -2.73. The predicted octanol–water partition coefficient (Wildman–Crippen LogP) is 4.41. The maximum absolute atomic E-state index is 12.2. The van der Waals surface area contributed by atoms with Crippen molar-refractivity contribution in [2.24, 2.45) is 11.1 Å². The van der Waals surface area contributed by atoms with Gasteiger partial charge >= 0.3 is 0 Å². The Bertz CT molecular complexity index is 994. The molecule has 152 valence electrons. The molecule has 6 nitrogen and oxygen atoms in total. The van der Waals surface area contributed by atoms with E-state index in [1.54, 1.807) is 13.8 Å². The van der Waals surface area contributed by atoms with Crippen molar-refractivity contribution in [2.75, 3.05) is 0 Å². The average Bonchev–Trinajstić information content (AvgIpc) is 3.16. The van der Waals surface area contributed by atoms with Gasteiger partial charge in [0.25, 0.3) is 0 Å². The van der Waals surface area contributed by atoms with Crippen molar-refractivity contribution in [3.8, 4) is 11.4 Å². The van der Waals surface area contributed by atoms with Gasteiger partial charge in [-0.05, 0) is 48.6 Å². The van der Waals surface area contributed by atoms with Crippen LogP contribution in [0.3, 0.4) is 0 Å². The predicted molar refractivity (Wildman–Crippen MR) is 115 cm³/mol. The Morgan fingerprint density at radius 3 is 2.38 bits per heavy atom. The number of primary amides is 1. The summed E-state index contributed by atoms with van der Waals surface area (Å²) in [5.74, 6) is 0.517. The first-order valence-electron chi connectivity index (χ1n) is 9.63. The summed E-state index contributed by atoms with van der Waals surface area (Å²) in [6, 6.07) is 15.2. The summed E-state index contributed by atoms with van der Waals surface area (Å²) < 4.78 is 0. The average molecular weight is 412 g/mol.